The van der Waals surface area contributed by atoms with Gasteiger partial charge in [-0.3, -0.25) is 14.2 Å². The van der Waals surface area contributed by atoms with Gasteiger partial charge in [-0.15, -0.1) is 0 Å². The number of amides is 1. The van der Waals surface area contributed by atoms with Crippen LogP contribution in [0.5, 0.6) is 0 Å². The van der Waals surface area contributed by atoms with Gasteiger partial charge in [-0.2, -0.15) is 0 Å². The molecule has 0 bridgehead atoms. The van der Waals surface area contributed by atoms with Crippen LogP contribution in [0.1, 0.15) is 43.5 Å². The van der Waals surface area contributed by atoms with E-state index < -0.39 is 18.2 Å². The highest BCUT2D eigenvalue weighted by atomic mass is 19.1. The number of anilines is 1. The molecule has 4 aromatic heterocycles. The van der Waals surface area contributed by atoms with E-state index >= 15 is 0 Å². The second kappa shape index (κ2) is 7.94. The first-order valence-corrected chi connectivity index (χ1v) is 10.8. The van der Waals surface area contributed by atoms with E-state index in [4.69, 9.17) is 0 Å². The number of carbonyl (C=O) groups excluding carboxylic acids is 1. The normalized spacial score (nSPS) is 18.8. The van der Waals surface area contributed by atoms with Gasteiger partial charge in [-0.25, -0.2) is 14.4 Å². The lowest BCUT2D eigenvalue weighted by molar-refractivity contribution is -0.117. The van der Waals surface area contributed by atoms with Gasteiger partial charge in [-0.05, 0) is 37.5 Å². The van der Waals surface area contributed by atoms with E-state index in [1.54, 1.807) is 24.7 Å². The SMILES string of the molecule is CCCC(O)c1cc(C)c(-c2cc3cnc(NC(=O)C4CC4F)cc3n3ccnc23)cn1. The lowest BCUT2D eigenvalue weighted by Crippen LogP contribution is -2.16. The zero-order valence-electron chi connectivity index (χ0n) is 17.9. The molecule has 4 aromatic rings. The zero-order chi connectivity index (χ0) is 22.4. The summed E-state index contributed by atoms with van der Waals surface area (Å²) in [4.78, 5) is 25.5. The van der Waals surface area contributed by atoms with E-state index in [9.17, 15) is 14.3 Å². The first-order chi connectivity index (χ1) is 15.5. The Bertz CT molecular complexity index is 1330. The van der Waals surface area contributed by atoms with Crippen LogP contribution >= 0.6 is 0 Å². The van der Waals surface area contributed by atoms with Crippen LogP contribution in [0, 0.1) is 12.8 Å². The fourth-order valence-corrected chi connectivity index (χ4v) is 4.08. The highest BCUT2D eigenvalue weighted by molar-refractivity contribution is 5.97. The van der Waals surface area contributed by atoms with Crippen molar-refractivity contribution in [3.05, 3.63) is 54.2 Å². The van der Waals surface area contributed by atoms with Crippen LogP contribution in [0.15, 0.2) is 43.0 Å². The molecule has 0 spiro atoms. The molecule has 5 rings (SSSR count). The minimum atomic E-state index is -1.05. The Morgan fingerprint density at radius 2 is 2.06 bits per heavy atom. The smallest absolute Gasteiger partial charge is 0.231 e. The molecule has 0 radical (unpaired) electrons. The lowest BCUT2D eigenvalue weighted by Gasteiger charge is -2.14. The molecule has 4 heterocycles. The Morgan fingerprint density at radius 1 is 1.25 bits per heavy atom. The summed E-state index contributed by atoms with van der Waals surface area (Å²) >= 11 is 0. The molecule has 164 valence electrons. The summed E-state index contributed by atoms with van der Waals surface area (Å²) < 4.78 is 15.1. The molecular weight excluding hydrogens is 409 g/mol. The summed E-state index contributed by atoms with van der Waals surface area (Å²) in [5.74, 6) is -0.524. The predicted octanol–water partition coefficient (Wildman–Crippen LogP) is 4.38. The third-order valence-electron chi connectivity index (χ3n) is 5.98. The number of rotatable bonds is 6. The number of aromatic nitrogens is 4. The molecule has 32 heavy (non-hydrogen) atoms. The Hall–Kier alpha value is -3.39. The number of imidazole rings is 1. The largest absolute Gasteiger partial charge is 0.387 e. The van der Waals surface area contributed by atoms with Gasteiger partial charge in [0.25, 0.3) is 0 Å². The molecule has 1 saturated carbocycles. The van der Waals surface area contributed by atoms with Crippen LogP contribution in [0.4, 0.5) is 10.2 Å². The lowest BCUT2D eigenvalue weighted by atomic mass is 10.00. The van der Waals surface area contributed by atoms with Crippen molar-refractivity contribution < 1.29 is 14.3 Å². The van der Waals surface area contributed by atoms with E-state index in [0.717, 1.165) is 39.7 Å². The minimum absolute atomic E-state index is 0.274. The maximum absolute atomic E-state index is 13.2. The van der Waals surface area contributed by atoms with Gasteiger partial charge in [0, 0.05) is 47.4 Å². The van der Waals surface area contributed by atoms with Crippen LogP contribution in [0.25, 0.3) is 27.7 Å². The average Bonchev–Trinajstić information content (AvgIpc) is 3.30. The Kier molecular flexibility index (Phi) is 5.09. The van der Waals surface area contributed by atoms with Crippen LogP contribution in [0.2, 0.25) is 0 Å². The summed E-state index contributed by atoms with van der Waals surface area (Å²) in [6.45, 7) is 4.03. The number of aliphatic hydroxyl groups is 1. The second-order valence-electron chi connectivity index (χ2n) is 8.38. The maximum Gasteiger partial charge on any atom is 0.231 e. The van der Waals surface area contributed by atoms with Crippen molar-refractivity contribution in [3.8, 4) is 11.1 Å². The van der Waals surface area contributed by atoms with Crippen molar-refractivity contribution in [2.45, 2.75) is 45.4 Å². The van der Waals surface area contributed by atoms with Crippen molar-refractivity contribution >= 4 is 28.3 Å². The summed E-state index contributed by atoms with van der Waals surface area (Å²) in [5, 5.41) is 13.9. The number of alkyl halides is 1. The topological polar surface area (TPSA) is 92.4 Å². The zero-order valence-corrected chi connectivity index (χ0v) is 17.9. The molecule has 0 aliphatic heterocycles. The fourth-order valence-electron chi connectivity index (χ4n) is 4.08. The second-order valence-corrected chi connectivity index (χ2v) is 8.38. The first-order valence-electron chi connectivity index (χ1n) is 10.8. The Labute approximate surface area is 184 Å². The Morgan fingerprint density at radius 3 is 2.78 bits per heavy atom. The summed E-state index contributed by atoms with van der Waals surface area (Å²) in [6, 6.07) is 5.70. The van der Waals surface area contributed by atoms with Crippen molar-refractivity contribution in [1.29, 1.82) is 0 Å². The third-order valence-corrected chi connectivity index (χ3v) is 5.98. The van der Waals surface area contributed by atoms with Crippen molar-refractivity contribution in [2.24, 2.45) is 5.92 Å². The summed E-state index contributed by atoms with van der Waals surface area (Å²) in [6.07, 6.45) is 7.25. The van der Waals surface area contributed by atoms with E-state index in [1.165, 1.54) is 0 Å². The predicted molar refractivity (Wildman–Crippen MR) is 120 cm³/mol. The minimum Gasteiger partial charge on any atom is -0.387 e. The third kappa shape index (κ3) is 3.60. The van der Waals surface area contributed by atoms with Crippen LogP contribution in [0.3, 0.4) is 0 Å². The number of nitrogens with one attached hydrogen (secondary N) is 1. The molecule has 7 nitrogen and oxygen atoms in total. The summed E-state index contributed by atoms with van der Waals surface area (Å²) in [5.41, 5.74) is 5.08. The number of fused-ring (bicyclic) bond motifs is 3. The van der Waals surface area contributed by atoms with E-state index in [1.807, 2.05) is 36.6 Å². The number of aliphatic hydroxyl groups excluding tert-OH is 1. The molecule has 1 fully saturated rings. The van der Waals surface area contributed by atoms with Gasteiger partial charge in [-0.1, -0.05) is 13.3 Å². The number of carbonyl (C=O) groups is 1. The Balaban J connectivity index is 1.55. The van der Waals surface area contributed by atoms with Crippen molar-refractivity contribution in [3.63, 3.8) is 0 Å². The van der Waals surface area contributed by atoms with Gasteiger partial charge in [0.15, 0.2) is 0 Å². The highest BCUT2D eigenvalue weighted by Gasteiger charge is 2.43. The molecule has 3 unspecified atom stereocenters. The van der Waals surface area contributed by atoms with Crippen LogP contribution in [-0.2, 0) is 4.79 Å². The molecule has 8 heteroatoms. The number of hydrogen-bond acceptors (Lipinski definition) is 5. The van der Waals surface area contributed by atoms with Crippen molar-refractivity contribution in [2.75, 3.05) is 5.32 Å². The molecule has 0 saturated heterocycles. The average molecular weight is 433 g/mol. The number of nitrogens with zero attached hydrogens (tertiary/aromatic N) is 4. The molecule has 3 atom stereocenters. The molecule has 1 aliphatic carbocycles. The van der Waals surface area contributed by atoms with Crippen LogP contribution in [-0.4, -0.2) is 36.5 Å². The molecular formula is C24H24FN5O2. The van der Waals surface area contributed by atoms with E-state index in [2.05, 4.69) is 20.3 Å². The van der Waals surface area contributed by atoms with E-state index in [0.29, 0.717) is 17.9 Å². The fraction of sp³-hybridized carbons (Fsp3) is 0.333. The van der Waals surface area contributed by atoms with Gasteiger partial charge in [0.1, 0.15) is 17.6 Å². The first kappa shape index (κ1) is 20.5. The maximum atomic E-state index is 13.2. The van der Waals surface area contributed by atoms with Gasteiger partial charge < -0.3 is 10.4 Å². The number of halogens is 1. The highest BCUT2D eigenvalue weighted by Crippen LogP contribution is 2.35. The molecule has 2 N–H and O–H groups in total. The van der Waals surface area contributed by atoms with Gasteiger partial charge >= 0.3 is 0 Å². The van der Waals surface area contributed by atoms with Crippen molar-refractivity contribution in [1.82, 2.24) is 19.4 Å². The number of pyridine rings is 3. The quantitative estimate of drug-likeness (QED) is 0.471. The van der Waals surface area contributed by atoms with Crippen LogP contribution < -0.4 is 5.32 Å². The molecule has 0 aromatic carbocycles. The van der Waals surface area contributed by atoms with E-state index in [-0.39, 0.29) is 12.3 Å². The van der Waals surface area contributed by atoms with Gasteiger partial charge in [0.2, 0.25) is 5.91 Å². The standard InChI is InChI=1S/C24H24FN5O2/c1-3-4-21(31)19-7-13(2)17(12-27-19)15-8-14-11-28-22(29-24(32)16-9-18(16)25)10-20(14)30-6-5-26-23(15)30/h5-8,10-12,16,18,21,31H,3-4,9H2,1-2H3,(H,28,29,32). The number of hydrogen-bond donors (Lipinski definition) is 2. The summed E-state index contributed by atoms with van der Waals surface area (Å²) in [7, 11) is 0. The molecule has 1 aliphatic rings. The molecule has 1 amide bonds. The van der Waals surface area contributed by atoms with Gasteiger partial charge in [0.05, 0.1) is 23.2 Å². The number of aryl methyl sites for hydroxylation is 1. The monoisotopic (exact) mass is 433 g/mol.